The van der Waals surface area contributed by atoms with E-state index in [-0.39, 0.29) is 25.1 Å². The molecule has 0 saturated heterocycles. The summed E-state index contributed by atoms with van der Waals surface area (Å²) in [5.74, 6) is -7.86. The highest BCUT2D eigenvalue weighted by Crippen LogP contribution is 2.27. The van der Waals surface area contributed by atoms with Crippen LogP contribution in [0.5, 0.6) is 5.75 Å². The Balaban J connectivity index is 1.63. The fourth-order valence-electron chi connectivity index (χ4n) is 2.49. The predicted molar refractivity (Wildman–Crippen MR) is 96.4 cm³/mol. The van der Waals surface area contributed by atoms with Gasteiger partial charge in [-0.1, -0.05) is 23.7 Å². The number of aromatic nitrogens is 2. The Morgan fingerprint density at radius 1 is 1.14 bits per heavy atom. The molecule has 0 saturated carbocycles. The summed E-state index contributed by atoms with van der Waals surface area (Å²) in [6, 6.07) is 6.01. The van der Waals surface area contributed by atoms with Gasteiger partial charge in [0.1, 0.15) is 6.61 Å². The third-order valence-corrected chi connectivity index (χ3v) is 4.41. The van der Waals surface area contributed by atoms with E-state index >= 15 is 0 Å². The Hall–Kier alpha value is -3.07. The van der Waals surface area contributed by atoms with E-state index in [0.717, 1.165) is 0 Å². The van der Waals surface area contributed by atoms with Gasteiger partial charge in [0.25, 0.3) is 5.91 Å². The first kappa shape index (κ1) is 20.7. The van der Waals surface area contributed by atoms with Gasteiger partial charge in [0.15, 0.2) is 17.4 Å². The summed E-state index contributed by atoms with van der Waals surface area (Å²) >= 11 is 5.97. The summed E-state index contributed by atoms with van der Waals surface area (Å²) in [5, 5.41) is 7.08. The first-order chi connectivity index (χ1) is 13.8. The van der Waals surface area contributed by atoms with E-state index in [9.17, 15) is 22.4 Å². The first-order valence-corrected chi connectivity index (χ1v) is 8.65. The minimum absolute atomic E-state index is 0.101. The molecule has 1 heterocycles. The van der Waals surface area contributed by atoms with Gasteiger partial charge < -0.3 is 10.1 Å². The van der Waals surface area contributed by atoms with Gasteiger partial charge in [-0.15, -0.1) is 0 Å². The molecule has 0 radical (unpaired) electrons. The molecular weight excluding hydrogens is 414 g/mol. The molecule has 0 atom stereocenters. The molecule has 3 aromatic rings. The normalized spacial score (nSPS) is 10.8. The number of carbonyl (C=O) groups is 1. The van der Waals surface area contributed by atoms with Gasteiger partial charge >= 0.3 is 0 Å². The summed E-state index contributed by atoms with van der Waals surface area (Å²) in [5.41, 5.74) is 1.39. The Morgan fingerprint density at radius 3 is 2.31 bits per heavy atom. The summed E-state index contributed by atoms with van der Waals surface area (Å²) in [7, 11) is 1.69. The molecule has 5 nitrogen and oxygen atoms in total. The highest BCUT2D eigenvalue weighted by Gasteiger charge is 2.20. The van der Waals surface area contributed by atoms with E-state index in [0.29, 0.717) is 21.8 Å². The van der Waals surface area contributed by atoms with Gasteiger partial charge in [-0.25, -0.2) is 8.78 Å². The molecule has 1 N–H and O–H groups in total. The molecule has 2 aromatic carbocycles. The van der Waals surface area contributed by atoms with E-state index in [4.69, 9.17) is 16.3 Å². The van der Waals surface area contributed by atoms with Crippen LogP contribution in [0.4, 0.5) is 17.6 Å². The lowest BCUT2D eigenvalue weighted by molar-refractivity contribution is 0.0950. The standard InChI is InChI=1S/C19H14ClF4N3O2/c1-27-15(12(20)7-26-27)8-25-19(28)11-4-2-10(3-5-11)9-29-18-16(23)13(21)6-14(22)17(18)24/h2-7H,8-9H2,1H3,(H,25,28). The summed E-state index contributed by atoms with van der Waals surface area (Å²) in [6.45, 7) is -0.189. The smallest absolute Gasteiger partial charge is 0.251 e. The van der Waals surface area contributed by atoms with E-state index in [1.165, 1.54) is 35.1 Å². The Bertz CT molecular complexity index is 1010. The molecule has 0 aliphatic carbocycles. The number of ether oxygens (including phenoxy) is 1. The molecule has 0 aliphatic rings. The average Bonchev–Trinajstić information content (AvgIpc) is 3.02. The quantitative estimate of drug-likeness (QED) is 0.475. The van der Waals surface area contributed by atoms with Crippen LogP contribution in [0.25, 0.3) is 0 Å². The van der Waals surface area contributed by atoms with Crippen molar-refractivity contribution in [2.45, 2.75) is 13.2 Å². The second-order valence-electron chi connectivity index (χ2n) is 6.03. The minimum atomic E-state index is -1.62. The first-order valence-electron chi connectivity index (χ1n) is 8.27. The molecule has 1 amide bonds. The fraction of sp³-hybridized carbons (Fsp3) is 0.158. The lowest BCUT2D eigenvalue weighted by Crippen LogP contribution is -2.24. The number of carbonyl (C=O) groups excluding carboxylic acids is 1. The Kier molecular flexibility index (Phi) is 6.07. The SMILES string of the molecule is Cn1ncc(Cl)c1CNC(=O)c1ccc(COc2c(F)c(F)cc(F)c2F)cc1. The van der Waals surface area contributed by atoms with Gasteiger partial charge in [-0.3, -0.25) is 9.48 Å². The van der Waals surface area contributed by atoms with E-state index in [1.807, 2.05) is 0 Å². The summed E-state index contributed by atoms with van der Waals surface area (Å²) in [6.07, 6.45) is 1.47. The van der Waals surface area contributed by atoms with Crippen LogP contribution in [0.15, 0.2) is 36.5 Å². The van der Waals surface area contributed by atoms with Gasteiger partial charge in [-0.05, 0) is 17.7 Å². The molecular formula is C19H14ClF4N3O2. The molecule has 29 heavy (non-hydrogen) atoms. The van der Waals surface area contributed by atoms with Crippen LogP contribution >= 0.6 is 11.6 Å². The topological polar surface area (TPSA) is 56.2 Å². The van der Waals surface area contributed by atoms with Crippen molar-refractivity contribution in [2.75, 3.05) is 0 Å². The molecule has 3 rings (SSSR count). The molecule has 10 heteroatoms. The van der Waals surface area contributed by atoms with Crippen LogP contribution in [0.3, 0.4) is 0 Å². The zero-order chi connectivity index (χ0) is 21.1. The number of halogens is 5. The zero-order valence-corrected chi connectivity index (χ0v) is 15.7. The van der Waals surface area contributed by atoms with Crippen molar-refractivity contribution in [3.8, 4) is 5.75 Å². The van der Waals surface area contributed by atoms with Crippen LogP contribution in [-0.4, -0.2) is 15.7 Å². The third-order valence-electron chi connectivity index (χ3n) is 4.10. The third kappa shape index (κ3) is 4.51. The molecule has 1 aromatic heterocycles. The molecule has 0 fully saturated rings. The number of benzene rings is 2. The lowest BCUT2D eigenvalue weighted by atomic mass is 10.1. The number of hydrogen-bond acceptors (Lipinski definition) is 3. The number of hydrogen-bond donors (Lipinski definition) is 1. The van der Waals surface area contributed by atoms with Crippen LogP contribution < -0.4 is 10.1 Å². The maximum absolute atomic E-state index is 13.6. The average molecular weight is 428 g/mol. The lowest BCUT2D eigenvalue weighted by Gasteiger charge is -2.10. The van der Waals surface area contributed by atoms with Crippen molar-refractivity contribution in [1.82, 2.24) is 15.1 Å². The second kappa shape index (κ2) is 8.52. The maximum Gasteiger partial charge on any atom is 0.251 e. The highest BCUT2D eigenvalue weighted by atomic mass is 35.5. The van der Waals surface area contributed by atoms with Crippen molar-refractivity contribution >= 4 is 17.5 Å². The minimum Gasteiger partial charge on any atom is -0.483 e. The number of rotatable bonds is 6. The Labute approximate surface area is 167 Å². The monoisotopic (exact) mass is 427 g/mol. The number of nitrogens with one attached hydrogen (secondary N) is 1. The molecule has 0 spiro atoms. The van der Waals surface area contributed by atoms with Crippen LogP contribution in [0.2, 0.25) is 5.02 Å². The van der Waals surface area contributed by atoms with E-state index in [2.05, 4.69) is 10.4 Å². The van der Waals surface area contributed by atoms with Crippen molar-refractivity contribution in [1.29, 1.82) is 0 Å². The highest BCUT2D eigenvalue weighted by molar-refractivity contribution is 6.31. The van der Waals surface area contributed by atoms with Crippen LogP contribution in [0.1, 0.15) is 21.6 Å². The summed E-state index contributed by atoms with van der Waals surface area (Å²) in [4.78, 5) is 12.2. The van der Waals surface area contributed by atoms with Crippen LogP contribution in [-0.2, 0) is 20.2 Å². The van der Waals surface area contributed by atoms with Gasteiger partial charge in [-0.2, -0.15) is 13.9 Å². The van der Waals surface area contributed by atoms with Crippen molar-refractivity contribution in [3.05, 3.63) is 81.6 Å². The van der Waals surface area contributed by atoms with Gasteiger partial charge in [0.2, 0.25) is 11.6 Å². The fourth-order valence-corrected chi connectivity index (χ4v) is 2.72. The van der Waals surface area contributed by atoms with Crippen LogP contribution in [0, 0.1) is 23.3 Å². The van der Waals surface area contributed by atoms with Crippen molar-refractivity contribution in [3.63, 3.8) is 0 Å². The summed E-state index contributed by atoms with van der Waals surface area (Å²) < 4.78 is 60.0. The number of amides is 1. The molecule has 0 aliphatic heterocycles. The molecule has 0 unspecified atom stereocenters. The largest absolute Gasteiger partial charge is 0.483 e. The molecule has 152 valence electrons. The number of aryl methyl sites for hydroxylation is 1. The predicted octanol–water partition coefficient (Wildman–Crippen LogP) is 4.14. The van der Waals surface area contributed by atoms with Crippen molar-refractivity contribution < 1.29 is 27.1 Å². The second-order valence-corrected chi connectivity index (χ2v) is 6.44. The number of nitrogens with zero attached hydrogens (tertiary/aromatic N) is 2. The Morgan fingerprint density at radius 2 is 1.76 bits per heavy atom. The van der Waals surface area contributed by atoms with Crippen molar-refractivity contribution in [2.24, 2.45) is 7.05 Å². The molecule has 0 bridgehead atoms. The maximum atomic E-state index is 13.6. The van der Waals surface area contributed by atoms with Gasteiger partial charge in [0.05, 0.1) is 23.5 Å². The van der Waals surface area contributed by atoms with E-state index in [1.54, 1.807) is 7.05 Å². The van der Waals surface area contributed by atoms with Gasteiger partial charge in [0, 0.05) is 18.7 Å². The van der Waals surface area contributed by atoms with E-state index < -0.39 is 29.0 Å². The zero-order valence-electron chi connectivity index (χ0n) is 15.0.